The minimum Gasteiger partial charge on any atom is -0.462 e. The topological polar surface area (TPSA) is 54.0 Å². The van der Waals surface area contributed by atoms with E-state index in [9.17, 15) is 4.79 Å². The fourth-order valence-corrected chi connectivity index (χ4v) is 10.4. The predicted molar refractivity (Wildman–Crippen MR) is 224 cm³/mol. The molecule has 0 bridgehead atoms. The molecule has 5 nitrogen and oxygen atoms in total. The van der Waals surface area contributed by atoms with Crippen LogP contribution >= 0.6 is 0 Å². The van der Waals surface area contributed by atoms with Crippen LogP contribution in [0.4, 0.5) is 0 Å². The summed E-state index contributed by atoms with van der Waals surface area (Å²) in [6.45, 7) is 46.2. The second kappa shape index (κ2) is 18.7. The molecule has 8 heteroatoms. The van der Waals surface area contributed by atoms with Gasteiger partial charge in [0.25, 0.3) is 0 Å². The number of hydrogen-bond acceptors (Lipinski definition) is 5. The third kappa shape index (κ3) is 15.1. The Labute approximate surface area is 314 Å². The molecule has 50 heavy (non-hydrogen) atoms. The lowest BCUT2D eigenvalue weighted by molar-refractivity contribution is -0.151. The Balaban J connectivity index is 3.14. The van der Waals surface area contributed by atoms with Gasteiger partial charge >= 0.3 is 5.97 Å². The SMILES string of the molecule is C/C(=C\[C@@H](C)[C@@H](C[C@@H](C)O[Si](C)(C)C(C)(C)C)O[Si](C)(C)C(C)(C)C)C[C@H](C)[C@H]1C/C=C\C[C@H](C)[C@@H](O[Si](C)(C)C(C)(C)C)CCCC(=O)O1. The molecule has 0 radical (unpaired) electrons. The molecular formula is C42H84O5Si3. The Hall–Kier alpha value is -0.519. The highest BCUT2D eigenvalue weighted by Gasteiger charge is 2.43. The Morgan fingerprint density at radius 2 is 1.34 bits per heavy atom. The minimum atomic E-state index is -2.01. The third-order valence-electron chi connectivity index (χ3n) is 12.6. The molecule has 0 fully saturated rings. The van der Waals surface area contributed by atoms with Gasteiger partial charge in [-0.3, -0.25) is 4.79 Å². The Bertz CT molecular complexity index is 1110. The van der Waals surface area contributed by atoms with Crippen molar-refractivity contribution in [3.8, 4) is 0 Å². The summed E-state index contributed by atoms with van der Waals surface area (Å²) in [5, 5.41) is 0.458. The van der Waals surface area contributed by atoms with Crippen molar-refractivity contribution in [2.75, 3.05) is 0 Å². The standard InChI is InChI=1S/C42H84O5Si3/c1-31(29-34(4)38(47-50(19,20)42(12,13)14)30-35(5)45-48(15,16)40(6,7)8)28-33(3)36-25-22-21-24-32(2)37(26-23-27-39(43)44-36)46-49(17,18)41(9,10)11/h21-22,29,32-38H,23-28,30H2,1-20H3/b22-21-,31-29+/t32-,33-,34+,35+,36+,37-,38+/m0/s1. The maximum Gasteiger partial charge on any atom is 0.306 e. The molecule has 294 valence electrons. The number of hydrogen-bond donors (Lipinski definition) is 0. The molecule has 0 amide bonds. The van der Waals surface area contributed by atoms with Gasteiger partial charge in [0, 0.05) is 25.0 Å². The van der Waals surface area contributed by atoms with E-state index in [1.54, 1.807) is 0 Å². The maximum atomic E-state index is 13.2. The summed E-state index contributed by atoms with van der Waals surface area (Å²) in [5.74, 6) is 0.782. The molecule has 1 aliphatic rings. The first-order chi connectivity index (χ1) is 22.4. The highest BCUT2D eigenvalue weighted by Crippen LogP contribution is 2.42. The third-order valence-corrected chi connectivity index (χ3v) is 26.2. The van der Waals surface area contributed by atoms with Crippen LogP contribution in [0.25, 0.3) is 0 Å². The van der Waals surface area contributed by atoms with Crippen molar-refractivity contribution in [3.05, 3.63) is 23.8 Å². The quantitative estimate of drug-likeness (QED) is 0.106. The van der Waals surface area contributed by atoms with Gasteiger partial charge in [0.05, 0.1) is 6.10 Å². The van der Waals surface area contributed by atoms with E-state index >= 15 is 0 Å². The van der Waals surface area contributed by atoms with Crippen molar-refractivity contribution >= 4 is 30.9 Å². The zero-order chi connectivity index (χ0) is 39.1. The first-order valence-corrected chi connectivity index (χ1v) is 28.7. The summed E-state index contributed by atoms with van der Waals surface area (Å²) in [5.41, 5.74) is 1.33. The number of allylic oxidation sites excluding steroid dienone is 2. The van der Waals surface area contributed by atoms with Crippen molar-refractivity contribution in [3.63, 3.8) is 0 Å². The van der Waals surface area contributed by atoms with Crippen molar-refractivity contribution in [1.82, 2.24) is 0 Å². The normalized spacial score (nSPS) is 24.8. The molecule has 7 atom stereocenters. The zero-order valence-electron chi connectivity index (χ0n) is 36.8. The fourth-order valence-electron chi connectivity index (χ4n) is 6.02. The second-order valence-corrected chi connectivity index (χ2v) is 34.9. The largest absolute Gasteiger partial charge is 0.462 e. The first-order valence-electron chi connectivity index (χ1n) is 20.0. The average molecular weight is 753 g/mol. The highest BCUT2D eigenvalue weighted by molar-refractivity contribution is 6.75. The van der Waals surface area contributed by atoms with Crippen molar-refractivity contribution < 1.29 is 22.8 Å². The van der Waals surface area contributed by atoms with Gasteiger partial charge in [0.2, 0.25) is 0 Å². The molecule has 0 aromatic carbocycles. The summed E-state index contributed by atoms with van der Waals surface area (Å²) < 4.78 is 27.1. The molecule has 0 N–H and O–H groups in total. The molecule has 0 aliphatic carbocycles. The van der Waals surface area contributed by atoms with E-state index in [4.69, 9.17) is 18.0 Å². The molecule has 0 saturated heterocycles. The summed E-state index contributed by atoms with van der Waals surface area (Å²) in [7, 11) is -5.82. The number of esters is 1. The van der Waals surface area contributed by atoms with E-state index in [0.29, 0.717) is 12.3 Å². The van der Waals surface area contributed by atoms with E-state index < -0.39 is 25.0 Å². The van der Waals surface area contributed by atoms with Gasteiger partial charge in [-0.2, -0.15) is 0 Å². The van der Waals surface area contributed by atoms with Crippen LogP contribution in [0.2, 0.25) is 54.4 Å². The Morgan fingerprint density at radius 1 is 0.840 bits per heavy atom. The van der Waals surface area contributed by atoms with E-state index in [-0.39, 0.29) is 57.3 Å². The summed E-state index contributed by atoms with van der Waals surface area (Å²) in [6.07, 6.45) is 12.8. The molecular weight excluding hydrogens is 669 g/mol. The number of ether oxygens (including phenoxy) is 1. The number of carbonyl (C=O) groups is 1. The fraction of sp³-hybridized carbons (Fsp3) is 0.881. The van der Waals surface area contributed by atoms with Crippen LogP contribution < -0.4 is 0 Å². The van der Waals surface area contributed by atoms with Gasteiger partial charge in [-0.1, -0.05) is 107 Å². The van der Waals surface area contributed by atoms with Crippen molar-refractivity contribution in [1.29, 1.82) is 0 Å². The molecule has 0 aromatic rings. The minimum absolute atomic E-state index is 0.0782. The lowest BCUT2D eigenvalue weighted by Crippen LogP contribution is -2.48. The van der Waals surface area contributed by atoms with Gasteiger partial charge in [0.15, 0.2) is 25.0 Å². The number of carbonyl (C=O) groups excluding carboxylic acids is 1. The van der Waals surface area contributed by atoms with Crippen LogP contribution in [0.3, 0.4) is 0 Å². The van der Waals surface area contributed by atoms with E-state index in [1.807, 2.05) is 0 Å². The van der Waals surface area contributed by atoms with Crippen LogP contribution in [-0.4, -0.2) is 55.3 Å². The summed E-state index contributed by atoms with van der Waals surface area (Å²) in [4.78, 5) is 13.2. The lowest BCUT2D eigenvalue weighted by Gasteiger charge is -2.43. The van der Waals surface area contributed by atoms with Crippen molar-refractivity contribution in [2.45, 2.75) is 221 Å². The van der Waals surface area contributed by atoms with Crippen LogP contribution in [0.1, 0.15) is 142 Å². The Morgan fingerprint density at radius 3 is 1.86 bits per heavy atom. The molecule has 1 heterocycles. The summed E-state index contributed by atoms with van der Waals surface area (Å²) in [6, 6.07) is 0. The molecule has 0 spiro atoms. The number of cyclic esters (lactones) is 1. The van der Waals surface area contributed by atoms with E-state index in [1.165, 1.54) is 5.57 Å². The average Bonchev–Trinajstić information content (AvgIpc) is 2.90. The monoisotopic (exact) mass is 753 g/mol. The Kier molecular flexibility index (Phi) is 17.8. The number of rotatable bonds is 13. The van der Waals surface area contributed by atoms with Gasteiger partial charge in [-0.05, 0) is 118 Å². The van der Waals surface area contributed by atoms with Crippen LogP contribution in [-0.2, 0) is 22.8 Å². The zero-order valence-corrected chi connectivity index (χ0v) is 39.8. The molecule has 1 aliphatic heterocycles. The van der Waals surface area contributed by atoms with Gasteiger partial charge < -0.3 is 18.0 Å². The van der Waals surface area contributed by atoms with Crippen LogP contribution in [0.15, 0.2) is 23.8 Å². The summed E-state index contributed by atoms with van der Waals surface area (Å²) >= 11 is 0. The van der Waals surface area contributed by atoms with Gasteiger partial charge in [0.1, 0.15) is 6.10 Å². The van der Waals surface area contributed by atoms with E-state index in [0.717, 1.165) is 38.5 Å². The van der Waals surface area contributed by atoms with Crippen LogP contribution in [0.5, 0.6) is 0 Å². The maximum absolute atomic E-state index is 13.2. The second-order valence-electron chi connectivity index (χ2n) is 20.7. The van der Waals surface area contributed by atoms with Gasteiger partial charge in [-0.15, -0.1) is 0 Å². The molecule has 0 saturated carbocycles. The molecule has 1 rings (SSSR count). The van der Waals surface area contributed by atoms with Gasteiger partial charge in [-0.25, -0.2) is 0 Å². The van der Waals surface area contributed by atoms with Crippen molar-refractivity contribution in [2.24, 2.45) is 17.8 Å². The van der Waals surface area contributed by atoms with E-state index in [2.05, 4.69) is 154 Å². The van der Waals surface area contributed by atoms with Crippen LogP contribution in [0, 0.1) is 17.8 Å². The predicted octanol–water partition coefficient (Wildman–Crippen LogP) is 13.2. The smallest absolute Gasteiger partial charge is 0.306 e. The first kappa shape index (κ1) is 47.5. The lowest BCUT2D eigenvalue weighted by atomic mass is 9.90. The molecule has 0 aromatic heterocycles. The highest BCUT2D eigenvalue weighted by atomic mass is 28.4. The molecule has 0 unspecified atom stereocenters.